The van der Waals surface area contributed by atoms with Crippen molar-refractivity contribution in [2.45, 2.75) is 45.6 Å². The minimum Gasteiger partial charge on any atom is -0.348 e. The molecule has 4 rings (SSSR count). The number of rotatable bonds is 4. The van der Waals surface area contributed by atoms with Crippen LogP contribution in [0, 0.1) is 24.7 Å². The first-order chi connectivity index (χ1) is 11.6. The van der Waals surface area contributed by atoms with Gasteiger partial charge in [-0.05, 0) is 56.9 Å². The van der Waals surface area contributed by atoms with Crippen molar-refractivity contribution in [1.82, 2.24) is 15.5 Å². The van der Waals surface area contributed by atoms with E-state index >= 15 is 0 Å². The van der Waals surface area contributed by atoms with Crippen LogP contribution in [0.25, 0.3) is 11.3 Å². The summed E-state index contributed by atoms with van der Waals surface area (Å²) in [7, 11) is 0. The maximum Gasteiger partial charge on any atom is 0.269 e. The van der Waals surface area contributed by atoms with Crippen molar-refractivity contribution < 1.29 is 4.79 Å². The van der Waals surface area contributed by atoms with Gasteiger partial charge in [0.1, 0.15) is 5.69 Å². The molecule has 1 amide bonds. The van der Waals surface area contributed by atoms with Crippen LogP contribution in [0.4, 0.5) is 0 Å². The number of aromatic nitrogens is 2. The van der Waals surface area contributed by atoms with Crippen LogP contribution in [-0.4, -0.2) is 22.1 Å². The highest BCUT2D eigenvalue weighted by molar-refractivity contribution is 5.93. The predicted octanol–water partition coefficient (Wildman–Crippen LogP) is 3.94. The summed E-state index contributed by atoms with van der Waals surface area (Å²) in [5.74, 6) is 2.32. The molecule has 0 saturated heterocycles. The summed E-state index contributed by atoms with van der Waals surface area (Å²) < 4.78 is 0. The molecule has 126 valence electrons. The van der Waals surface area contributed by atoms with Crippen molar-refractivity contribution in [3.63, 3.8) is 0 Å². The molecular weight excluding hydrogens is 298 g/mol. The van der Waals surface area contributed by atoms with E-state index in [0.717, 1.165) is 23.1 Å². The van der Waals surface area contributed by atoms with Crippen LogP contribution in [0.2, 0.25) is 0 Å². The van der Waals surface area contributed by atoms with Crippen molar-refractivity contribution in [1.29, 1.82) is 0 Å². The smallest absolute Gasteiger partial charge is 0.269 e. The van der Waals surface area contributed by atoms with E-state index in [1.807, 2.05) is 18.2 Å². The van der Waals surface area contributed by atoms with Crippen LogP contribution in [0.15, 0.2) is 30.3 Å². The number of fused-ring (bicyclic) bond motifs is 2. The van der Waals surface area contributed by atoms with Gasteiger partial charge in [0.2, 0.25) is 0 Å². The van der Waals surface area contributed by atoms with E-state index in [-0.39, 0.29) is 11.9 Å². The first-order valence-corrected chi connectivity index (χ1v) is 9.03. The number of carbonyl (C=O) groups excluding carboxylic acids is 1. The fraction of sp³-hybridized carbons (Fsp3) is 0.500. The molecule has 2 N–H and O–H groups in total. The van der Waals surface area contributed by atoms with Crippen LogP contribution >= 0.6 is 0 Å². The summed E-state index contributed by atoms with van der Waals surface area (Å²) in [6.07, 6.45) is 5.38. The first-order valence-electron chi connectivity index (χ1n) is 9.03. The molecule has 2 aliphatic rings. The van der Waals surface area contributed by atoms with Crippen LogP contribution in [0.3, 0.4) is 0 Å². The average molecular weight is 323 g/mol. The SMILES string of the molecule is Cc1ccc(-c2cc(C(=O)NC(C)C3CC4CCC3C4)[nH]n2)cc1. The van der Waals surface area contributed by atoms with Gasteiger partial charge in [0.05, 0.1) is 5.69 Å². The van der Waals surface area contributed by atoms with Gasteiger partial charge in [-0.2, -0.15) is 5.10 Å². The third-order valence-corrected chi connectivity index (χ3v) is 5.96. The van der Waals surface area contributed by atoms with Crippen molar-refractivity contribution >= 4 is 5.91 Å². The van der Waals surface area contributed by atoms with Crippen LogP contribution in [0.1, 0.15) is 48.7 Å². The predicted molar refractivity (Wildman–Crippen MR) is 94.6 cm³/mol. The molecule has 2 bridgehead atoms. The summed E-state index contributed by atoms with van der Waals surface area (Å²) in [6, 6.07) is 10.3. The Morgan fingerprint density at radius 2 is 2.04 bits per heavy atom. The number of benzene rings is 1. The Kier molecular flexibility index (Phi) is 3.91. The van der Waals surface area contributed by atoms with Crippen LogP contribution < -0.4 is 5.32 Å². The Labute approximate surface area is 143 Å². The monoisotopic (exact) mass is 323 g/mol. The molecule has 2 aromatic rings. The average Bonchev–Trinajstić information content (AvgIpc) is 3.31. The molecule has 4 heteroatoms. The lowest BCUT2D eigenvalue weighted by atomic mass is 9.84. The van der Waals surface area contributed by atoms with Crippen molar-refractivity contribution in [3.8, 4) is 11.3 Å². The van der Waals surface area contributed by atoms with Crippen molar-refractivity contribution in [2.24, 2.45) is 17.8 Å². The summed E-state index contributed by atoms with van der Waals surface area (Å²) in [5, 5.41) is 10.4. The van der Waals surface area contributed by atoms with Crippen LogP contribution in [-0.2, 0) is 0 Å². The molecule has 1 heterocycles. The quantitative estimate of drug-likeness (QED) is 0.895. The zero-order valence-electron chi connectivity index (χ0n) is 14.4. The van der Waals surface area contributed by atoms with Crippen LogP contribution in [0.5, 0.6) is 0 Å². The van der Waals surface area contributed by atoms with E-state index in [9.17, 15) is 4.79 Å². The largest absolute Gasteiger partial charge is 0.348 e. The maximum absolute atomic E-state index is 12.5. The minimum absolute atomic E-state index is 0.0452. The number of aromatic amines is 1. The van der Waals surface area contributed by atoms with Gasteiger partial charge in [0, 0.05) is 11.6 Å². The Balaban J connectivity index is 1.42. The third-order valence-electron chi connectivity index (χ3n) is 5.96. The van der Waals surface area contributed by atoms with Crippen molar-refractivity contribution in [3.05, 3.63) is 41.6 Å². The molecule has 2 aliphatic carbocycles. The van der Waals surface area contributed by atoms with Gasteiger partial charge in [0.25, 0.3) is 5.91 Å². The molecule has 0 spiro atoms. The van der Waals surface area contributed by atoms with E-state index in [1.165, 1.54) is 31.2 Å². The van der Waals surface area contributed by atoms with Gasteiger partial charge >= 0.3 is 0 Å². The second-order valence-corrected chi connectivity index (χ2v) is 7.63. The fourth-order valence-corrected chi connectivity index (χ4v) is 4.61. The number of hydrogen-bond acceptors (Lipinski definition) is 2. The third kappa shape index (κ3) is 2.85. The fourth-order valence-electron chi connectivity index (χ4n) is 4.61. The second-order valence-electron chi connectivity index (χ2n) is 7.63. The molecule has 4 atom stereocenters. The Bertz CT molecular complexity index is 734. The van der Waals surface area contributed by atoms with E-state index in [2.05, 4.69) is 41.5 Å². The maximum atomic E-state index is 12.5. The summed E-state index contributed by atoms with van der Waals surface area (Å²) >= 11 is 0. The van der Waals surface area contributed by atoms with E-state index in [1.54, 1.807) is 0 Å². The number of amides is 1. The summed E-state index contributed by atoms with van der Waals surface area (Å²) in [4.78, 5) is 12.5. The molecule has 4 unspecified atom stereocenters. The highest BCUT2D eigenvalue weighted by Crippen LogP contribution is 2.49. The summed E-state index contributed by atoms with van der Waals surface area (Å²) in [5.41, 5.74) is 3.59. The van der Waals surface area contributed by atoms with Gasteiger partial charge in [-0.3, -0.25) is 9.89 Å². The Morgan fingerprint density at radius 1 is 1.25 bits per heavy atom. The second kappa shape index (κ2) is 6.08. The Hall–Kier alpha value is -2.10. The highest BCUT2D eigenvalue weighted by Gasteiger charge is 2.42. The lowest BCUT2D eigenvalue weighted by Gasteiger charge is -2.28. The summed E-state index contributed by atoms with van der Waals surface area (Å²) in [6.45, 7) is 4.21. The normalized spacial score (nSPS) is 26.5. The first kappa shape index (κ1) is 15.4. The van der Waals surface area contributed by atoms with Gasteiger partial charge in [0.15, 0.2) is 0 Å². The number of H-pyrrole nitrogens is 1. The lowest BCUT2D eigenvalue weighted by Crippen LogP contribution is -2.40. The molecule has 1 aromatic carbocycles. The zero-order chi connectivity index (χ0) is 16.7. The highest BCUT2D eigenvalue weighted by atomic mass is 16.2. The standard InChI is InChI=1S/C20H25N3O/c1-12-3-6-15(7-4-12)18-11-19(23-22-18)20(24)21-13(2)17-10-14-5-8-16(17)9-14/h3-4,6-7,11,13-14,16-17H,5,8-10H2,1-2H3,(H,21,24)(H,22,23). The molecular formula is C20H25N3O. The lowest BCUT2D eigenvalue weighted by molar-refractivity contribution is 0.0910. The zero-order valence-corrected chi connectivity index (χ0v) is 14.4. The van der Waals surface area contributed by atoms with E-state index in [0.29, 0.717) is 11.6 Å². The molecule has 2 saturated carbocycles. The minimum atomic E-state index is -0.0452. The number of hydrogen-bond donors (Lipinski definition) is 2. The van der Waals surface area contributed by atoms with E-state index in [4.69, 9.17) is 0 Å². The van der Waals surface area contributed by atoms with Gasteiger partial charge in [-0.15, -0.1) is 0 Å². The number of carbonyl (C=O) groups is 1. The molecule has 4 nitrogen and oxygen atoms in total. The molecule has 0 aliphatic heterocycles. The molecule has 1 aromatic heterocycles. The molecule has 0 radical (unpaired) electrons. The van der Waals surface area contributed by atoms with Crippen molar-refractivity contribution in [2.75, 3.05) is 0 Å². The molecule has 24 heavy (non-hydrogen) atoms. The number of aryl methyl sites for hydroxylation is 1. The van der Waals surface area contributed by atoms with E-state index < -0.39 is 0 Å². The van der Waals surface area contributed by atoms with Gasteiger partial charge < -0.3 is 5.32 Å². The molecule has 2 fully saturated rings. The Morgan fingerprint density at radius 3 is 2.71 bits per heavy atom. The number of nitrogens with zero attached hydrogens (tertiary/aromatic N) is 1. The topological polar surface area (TPSA) is 57.8 Å². The number of nitrogens with one attached hydrogen (secondary N) is 2. The van der Waals surface area contributed by atoms with Gasteiger partial charge in [-0.25, -0.2) is 0 Å². The van der Waals surface area contributed by atoms with Gasteiger partial charge in [-0.1, -0.05) is 36.2 Å².